The quantitative estimate of drug-likeness (QED) is 0.800. The fraction of sp³-hybridized carbons (Fsp3) is 0.250. The third-order valence-electron chi connectivity index (χ3n) is 2.64. The van der Waals surface area contributed by atoms with Crippen molar-refractivity contribution >= 4 is 35.7 Å². The molecule has 9 heteroatoms. The van der Waals surface area contributed by atoms with Crippen LogP contribution in [-0.2, 0) is 14.9 Å². The molecule has 0 aliphatic heterocycles. The minimum atomic E-state index is -3.61. The lowest BCUT2D eigenvalue weighted by molar-refractivity contribution is -0.0446. The highest BCUT2D eigenvalue weighted by atomic mass is 32.1. The van der Waals surface area contributed by atoms with E-state index in [-0.39, 0.29) is 11.5 Å². The molecule has 0 saturated carbocycles. The molecule has 0 saturated heterocycles. The Labute approximate surface area is 123 Å². The van der Waals surface area contributed by atoms with Crippen molar-refractivity contribution in [2.45, 2.75) is 12.6 Å². The lowest BCUT2D eigenvalue weighted by Gasteiger charge is -2.21. The highest BCUT2D eigenvalue weighted by Gasteiger charge is 2.46. The Bertz CT molecular complexity index is 664. The second kappa shape index (κ2) is 6.27. The number of rotatable bonds is 6. The van der Waals surface area contributed by atoms with Crippen LogP contribution in [-0.4, -0.2) is 12.5 Å². The number of thiophene rings is 1. The highest BCUT2D eigenvalue weighted by Crippen LogP contribution is 2.60. The van der Waals surface area contributed by atoms with Crippen molar-refractivity contribution in [2.24, 2.45) is 5.73 Å². The van der Waals surface area contributed by atoms with Crippen molar-refractivity contribution in [2.75, 3.05) is 6.61 Å². The molecule has 2 rings (SSSR count). The van der Waals surface area contributed by atoms with Crippen LogP contribution < -0.4 is 5.73 Å². The van der Waals surface area contributed by atoms with Gasteiger partial charge in [0.1, 0.15) is 0 Å². The normalized spacial score (nSPS) is 13.5. The van der Waals surface area contributed by atoms with Gasteiger partial charge < -0.3 is 10.3 Å². The molecule has 1 unspecified atom stereocenters. The molecule has 1 heterocycles. The third kappa shape index (κ3) is 3.18. The SMILES string of the molecule is CCOP(OF)C(F)(F)c1ccc2sc(C(N)=O)cc2c1. The molecule has 2 aromatic rings. The lowest BCUT2D eigenvalue weighted by Crippen LogP contribution is -2.13. The molecule has 21 heavy (non-hydrogen) atoms. The van der Waals surface area contributed by atoms with Gasteiger partial charge in [0, 0.05) is 10.3 Å². The molecule has 1 atom stereocenters. The topological polar surface area (TPSA) is 61.6 Å². The van der Waals surface area contributed by atoms with Gasteiger partial charge in [-0.25, -0.2) is 0 Å². The molecule has 1 aromatic heterocycles. The van der Waals surface area contributed by atoms with E-state index in [1.54, 1.807) is 0 Å². The fourth-order valence-electron chi connectivity index (χ4n) is 1.72. The van der Waals surface area contributed by atoms with Gasteiger partial charge in [0.2, 0.25) is 0 Å². The van der Waals surface area contributed by atoms with Crippen LogP contribution in [0.25, 0.3) is 10.1 Å². The van der Waals surface area contributed by atoms with E-state index in [1.165, 1.54) is 25.1 Å². The minimum absolute atomic E-state index is 0.0995. The zero-order valence-corrected chi connectivity index (χ0v) is 12.5. The van der Waals surface area contributed by atoms with E-state index in [9.17, 15) is 18.1 Å². The average Bonchev–Trinajstić information content (AvgIpc) is 2.87. The molecular formula is C12H11F3NO3PS. The second-order valence-electron chi connectivity index (χ2n) is 4.01. The maximum atomic E-state index is 14.2. The average molecular weight is 337 g/mol. The van der Waals surface area contributed by atoms with E-state index in [0.717, 1.165) is 17.4 Å². The molecule has 1 amide bonds. The number of amides is 1. The van der Waals surface area contributed by atoms with Gasteiger partial charge in [-0.15, -0.1) is 16.1 Å². The smallest absolute Gasteiger partial charge is 0.343 e. The van der Waals surface area contributed by atoms with E-state index in [0.29, 0.717) is 10.1 Å². The van der Waals surface area contributed by atoms with Crippen LogP contribution in [0.1, 0.15) is 22.2 Å². The largest absolute Gasteiger partial charge is 0.365 e. The molecular weight excluding hydrogens is 326 g/mol. The van der Waals surface area contributed by atoms with Crippen molar-refractivity contribution < 1.29 is 27.4 Å². The number of primary amides is 1. The summed E-state index contributed by atoms with van der Waals surface area (Å²) < 4.78 is 49.1. The highest BCUT2D eigenvalue weighted by molar-refractivity contribution is 7.48. The number of fused-ring (bicyclic) bond motifs is 1. The number of hydrogen-bond donors (Lipinski definition) is 1. The third-order valence-corrected chi connectivity index (χ3v) is 5.11. The zero-order valence-electron chi connectivity index (χ0n) is 10.8. The molecule has 114 valence electrons. The maximum Gasteiger partial charge on any atom is 0.343 e. The van der Waals surface area contributed by atoms with Crippen molar-refractivity contribution in [1.82, 2.24) is 0 Å². The van der Waals surface area contributed by atoms with Gasteiger partial charge in [-0.2, -0.15) is 8.78 Å². The first-order valence-corrected chi connectivity index (χ1v) is 7.83. The van der Waals surface area contributed by atoms with Crippen molar-refractivity contribution in [1.29, 1.82) is 0 Å². The van der Waals surface area contributed by atoms with E-state index in [2.05, 4.69) is 9.25 Å². The Morgan fingerprint density at radius 3 is 2.71 bits per heavy atom. The van der Waals surface area contributed by atoms with Crippen molar-refractivity contribution in [3.63, 3.8) is 0 Å². The molecule has 0 aliphatic rings. The van der Waals surface area contributed by atoms with Crippen LogP contribution in [0, 0.1) is 0 Å². The Balaban J connectivity index is 2.43. The Morgan fingerprint density at radius 2 is 2.14 bits per heavy atom. The van der Waals surface area contributed by atoms with E-state index >= 15 is 0 Å². The maximum absolute atomic E-state index is 14.2. The summed E-state index contributed by atoms with van der Waals surface area (Å²) in [6, 6.07) is 5.16. The second-order valence-corrected chi connectivity index (χ2v) is 6.57. The summed E-state index contributed by atoms with van der Waals surface area (Å²) in [5, 5.41) is 0.427. The van der Waals surface area contributed by atoms with Crippen molar-refractivity contribution in [3.8, 4) is 0 Å². The number of halogens is 3. The van der Waals surface area contributed by atoms with E-state index < -0.39 is 25.5 Å². The number of benzene rings is 1. The lowest BCUT2D eigenvalue weighted by atomic mass is 10.1. The first-order chi connectivity index (χ1) is 9.90. The van der Waals surface area contributed by atoms with Crippen LogP contribution in [0.15, 0.2) is 24.3 Å². The van der Waals surface area contributed by atoms with Crippen molar-refractivity contribution in [3.05, 3.63) is 34.7 Å². The summed E-state index contributed by atoms with van der Waals surface area (Å²) in [4.78, 5) is 11.4. The predicted molar refractivity (Wildman–Crippen MR) is 75.0 cm³/mol. The summed E-state index contributed by atoms with van der Waals surface area (Å²) in [7, 11) is -3.03. The monoisotopic (exact) mass is 337 g/mol. The fourth-order valence-corrected chi connectivity index (χ4v) is 3.49. The Kier molecular flexibility index (Phi) is 4.83. The number of carbonyl (C=O) groups is 1. The molecule has 0 aliphatic carbocycles. The van der Waals surface area contributed by atoms with Gasteiger partial charge in [0.25, 0.3) is 14.3 Å². The van der Waals surface area contributed by atoms with Crippen LogP contribution >= 0.6 is 19.7 Å². The molecule has 0 radical (unpaired) electrons. The van der Waals surface area contributed by atoms with Crippen LogP contribution in [0.4, 0.5) is 13.3 Å². The van der Waals surface area contributed by atoms with Gasteiger partial charge in [0.05, 0.1) is 11.5 Å². The molecule has 2 N–H and O–H groups in total. The van der Waals surface area contributed by atoms with Gasteiger partial charge in [-0.3, -0.25) is 4.79 Å². The van der Waals surface area contributed by atoms with Crippen LogP contribution in [0.3, 0.4) is 0 Å². The Hall–Kier alpha value is -1.21. The number of nitrogens with two attached hydrogens (primary N) is 1. The van der Waals surface area contributed by atoms with Crippen LogP contribution in [0.5, 0.6) is 0 Å². The summed E-state index contributed by atoms with van der Waals surface area (Å²) in [5.41, 5.74) is 1.10. The minimum Gasteiger partial charge on any atom is -0.365 e. The summed E-state index contributed by atoms with van der Waals surface area (Å²) in [6.07, 6.45) is 0. The summed E-state index contributed by atoms with van der Waals surface area (Å²) in [5.74, 6) is -0.631. The van der Waals surface area contributed by atoms with Gasteiger partial charge in [-0.05, 0) is 35.0 Å². The zero-order chi connectivity index (χ0) is 15.6. The van der Waals surface area contributed by atoms with Crippen LogP contribution in [0.2, 0.25) is 0 Å². The first kappa shape index (κ1) is 16.2. The summed E-state index contributed by atoms with van der Waals surface area (Å²) in [6.45, 7) is 1.36. The number of alkyl halides is 2. The summed E-state index contributed by atoms with van der Waals surface area (Å²) >= 11 is 1.10. The van der Waals surface area contributed by atoms with E-state index in [4.69, 9.17) is 5.73 Å². The predicted octanol–water partition coefficient (Wildman–Crippen LogP) is 4.30. The number of hydrogen-bond acceptors (Lipinski definition) is 4. The molecule has 1 aromatic carbocycles. The number of carbonyl (C=O) groups excluding carboxylic acids is 1. The Morgan fingerprint density at radius 1 is 1.43 bits per heavy atom. The molecule has 0 fully saturated rings. The first-order valence-electron chi connectivity index (χ1n) is 5.83. The van der Waals surface area contributed by atoms with Gasteiger partial charge in [0.15, 0.2) is 0 Å². The molecule has 4 nitrogen and oxygen atoms in total. The van der Waals surface area contributed by atoms with Gasteiger partial charge >= 0.3 is 5.66 Å². The van der Waals surface area contributed by atoms with E-state index in [1.807, 2.05) is 0 Å². The molecule has 0 spiro atoms. The van der Waals surface area contributed by atoms with Gasteiger partial charge in [-0.1, -0.05) is 6.07 Å². The standard InChI is InChI=1S/C12H11F3NO3PS/c1-2-18-20(19-15)12(13,14)8-3-4-9-7(5-8)6-10(21-9)11(16)17/h3-6H,2H2,1H3,(H2,16,17). The molecule has 0 bridgehead atoms.